The van der Waals surface area contributed by atoms with Gasteiger partial charge in [0.15, 0.2) is 5.13 Å². The molecule has 1 heterocycles. The van der Waals surface area contributed by atoms with Crippen LogP contribution in [0.15, 0.2) is 0 Å². The number of hydrogen-bond donors (Lipinski definition) is 1. The second kappa shape index (κ2) is 6.87. The van der Waals surface area contributed by atoms with E-state index >= 15 is 0 Å². The molecule has 0 radical (unpaired) electrons. The fourth-order valence-electron chi connectivity index (χ4n) is 2.05. The van der Waals surface area contributed by atoms with E-state index in [9.17, 15) is 0 Å². The van der Waals surface area contributed by atoms with Crippen LogP contribution in [-0.2, 0) is 17.9 Å². The van der Waals surface area contributed by atoms with Crippen molar-refractivity contribution < 1.29 is 4.74 Å². The van der Waals surface area contributed by atoms with Gasteiger partial charge < -0.3 is 15.0 Å². The highest BCUT2D eigenvalue weighted by molar-refractivity contribution is 7.15. The van der Waals surface area contributed by atoms with Gasteiger partial charge in [-0.3, -0.25) is 0 Å². The Morgan fingerprint density at radius 3 is 2.65 bits per heavy atom. The molecule has 2 rings (SSSR count). The highest BCUT2D eigenvalue weighted by atomic mass is 32.1. The normalized spacial score (nSPS) is 16.7. The third kappa shape index (κ3) is 3.93. The lowest BCUT2D eigenvalue weighted by molar-refractivity contribution is 0.181. The van der Waals surface area contributed by atoms with Gasteiger partial charge in [0.1, 0.15) is 0 Å². The van der Waals surface area contributed by atoms with Gasteiger partial charge in [-0.1, -0.05) is 13.8 Å². The monoisotopic (exact) mass is 297 g/mol. The topological polar surface area (TPSA) is 37.4 Å². The lowest BCUT2D eigenvalue weighted by Gasteiger charge is -2.27. The van der Waals surface area contributed by atoms with E-state index in [2.05, 4.69) is 38.0 Å². The van der Waals surface area contributed by atoms with E-state index in [1.54, 1.807) is 18.4 Å². The molecule has 0 aromatic carbocycles. The van der Waals surface area contributed by atoms with Crippen molar-refractivity contribution in [3.8, 4) is 0 Å². The van der Waals surface area contributed by atoms with E-state index in [4.69, 9.17) is 9.72 Å². The number of hydrogen-bond acceptors (Lipinski definition) is 5. The van der Waals surface area contributed by atoms with E-state index in [1.165, 1.54) is 17.7 Å². The van der Waals surface area contributed by atoms with Crippen molar-refractivity contribution in [2.45, 2.75) is 58.8 Å². The van der Waals surface area contributed by atoms with Crippen LogP contribution >= 0.6 is 11.3 Å². The summed E-state index contributed by atoms with van der Waals surface area (Å²) in [6.45, 7) is 8.28. The summed E-state index contributed by atoms with van der Waals surface area (Å²) in [6, 6.07) is 1.21. The summed E-state index contributed by atoms with van der Waals surface area (Å²) in [7, 11) is 3.87. The standard InChI is InChI=1S/C15H27N3OS/c1-10(2)11(3)18(4)15-17-13(9-19-5)14(20-15)8-16-12-6-7-12/h10-12,16H,6-9H2,1-5H3. The van der Waals surface area contributed by atoms with E-state index in [1.807, 2.05) is 0 Å². The van der Waals surface area contributed by atoms with Gasteiger partial charge in [-0.15, -0.1) is 11.3 Å². The Bertz CT molecular complexity index is 429. The van der Waals surface area contributed by atoms with E-state index < -0.39 is 0 Å². The zero-order chi connectivity index (χ0) is 14.7. The largest absolute Gasteiger partial charge is 0.378 e. The first-order valence-electron chi connectivity index (χ1n) is 7.46. The Kier molecular flexibility index (Phi) is 5.41. The van der Waals surface area contributed by atoms with Crippen molar-refractivity contribution in [1.29, 1.82) is 0 Å². The van der Waals surface area contributed by atoms with Crippen molar-refractivity contribution in [2.75, 3.05) is 19.1 Å². The van der Waals surface area contributed by atoms with Crippen LogP contribution in [0.25, 0.3) is 0 Å². The summed E-state index contributed by atoms with van der Waals surface area (Å²) in [5, 5.41) is 4.67. The number of anilines is 1. The number of aromatic nitrogens is 1. The lowest BCUT2D eigenvalue weighted by atomic mass is 10.1. The SMILES string of the molecule is COCc1nc(N(C)C(C)C(C)C)sc1CNC1CC1. The van der Waals surface area contributed by atoms with E-state index in [-0.39, 0.29) is 0 Å². The molecule has 0 aliphatic heterocycles. The zero-order valence-electron chi connectivity index (χ0n) is 13.3. The Balaban J connectivity index is 2.09. The first-order valence-corrected chi connectivity index (χ1v) is 8.28. The van der Waals surface area contributed by atoms with Crippen molar-refractivity contribution in [3.05, 3.63) is 10.6 Å². The summed E-state index contributed by atoms with van der Waals surface area (Å²) in [6.07, 6.45) is 2.63. The van der Waals surface area contributed by atoms with Gasteiger partial charge >= 0.3 is 0 Å². The molecular formula is C15H27N3OS. The van der Waals surface area contributed by atoms with Crippen molar-refractivity contribution in [2.24, 2.45) is 5.92 Å². The summed E-state index contributed by atoms with van der Waals surface area (Å²) in [5.74, 6) is 0.614. The molecule has 4 nitrogen and oxygen atoms in total. The van der Waals surface area contributed by atoms with Crippen LogP contribution in [0.2, 0.25) is 0 Å². The molecule has 0 spiro atoms. The smallest absolute Gasteiger partial charge is 0.185 e. The van der Waals surface area contributed by atoms with Gasteiger partial charge in [0.05, 0.1) is 12.3 Å². The van der Waals surface area contributed by atoms with Crippen molar-refractivity contribution in [3.63, 3.8) is 0 Å². The zero-order valence-corrected chi connectivity index (χ0v) is 14.1. The van der Waals surface area contributed by atoms with Gasteiger partial charge in [0.2, 0.25) is 0 Å². The molecule has 1 aromatic heterocycles. The number of nitrogens with zero attached hydrogens (tertiary/aromatic N) is 2. The molecule has 1 aliphatic rings. The van der Waals surface area contributed by atoms with Crippen molar-refractivity contribution >= 4 is 16.5 Å². The molecule has 1 aliphatic carbocycles. The summed E-state index contributed by atoms with van der Waals surface area (Å²) >= 11 is 1.80. The molecule has 1 N–H and O–H groups in total. The van der Waals surface area contributed by atoms with E-state index in [0.717, 1.165) is 23.4 Å². The van der Waals surface area contributed by atoms with Gasteiger partial charge in [0, 0.05) is 37.7 Å². The maximum atomic E-state index is 5.29. The molecule has 0 amide bonds. The molecule has 1 atom stereocenters. The maximum absolute atomic E-state index is 5.29. The molecule has 114 valence electrons. The fraction of sp³-hybridized carbons (Fsp3) is 0.800. The van der Waals surface area contributed by atoms with Crippen LogP contribution in [-0.4, -0.2) is 31.2 Å². The average molecular weight is 297 g/mol. The van der Waals surface area contributed by atoms with Gasteiger partial charge in [-0.2, -0.15) is 0 Å². The summed E-state index contributed by atoms with van der Waals surface area (Å²) in [4.78, 5) is 8.38. The maximum Gasteiger partial charge on any atom is 0.185 e. The Hall–Kier alpha value is -0.650. The molecule has 0 bridgehead atoms. The minimum absolute atomic E-state index is 0.487. The second-order valence-corrected chi connectivity index (χ2v) is 7.11. The van der Waals surface area contributed by atoms with E-state index in [0.29, 0.717) is 18.6 Å². The molecule has 5 heteroatoms. The molecule has 20 heavy (non-hydrogen) atoms. The molecule has 0 saturated heterocycles. The van der Waals surface area contributed by atoms with Gasteiger partial charge in [-0.25, -0.2) is 4.98 Å². The van der Waals surface area contributed by atoms with Crippen LogP contribution in [0.3, 0.4) is 0 Å². The number of nitrogens with one attached hydrogen (secondary N) is 1. The van der Waals surface area contributed by atoms with Crippen LogP contribution in [0.4, 0.5) is 5.13 Å². The fourth-order valence-corrected chi connectivity index (χ4v) is 3.12. The third-order valence-electron chi connectivity index (χ3n) is 4.05. The minimum atomic E-state index is 0.487. The quantitative estimate of drug-likeness (QED) is 0.800. The Labute approximate surface area is 126 Å². The Morgan fingerprint density at radius 2 is 2.10 bits per heavy atom. The number of methoxy groups -OCH3 is 1. The van der Waals surface area contributed by atoms with Crippen molar-refractivity contribution in [1.82, 2.24) is 10.3 Å². The predicted octanol–water partition coefficient (Wildman–Crippen LogP) is 3.02. The minimum Gasteiger partial charge on any atom is -0.378 e. The second-order valence-electron chi connectivity index (χ2n) is 6.05. The highest BCUT2D eigenvalue weighted by Gasteiger charge is 2.23. The third-order valence-corrected chi connectivity index (χ3v) is 5.24. The molecular weight excluding hydrogens is 270 g/mol. The number of rotatable bonds is 8. The summed E-state index contributed by atoms with van der Waals surface area (Å²) < 4.78 is 5.29. The van der Waals surface area contributed by atoms with Crippen LogP contribution in [0.1, 0.15) is 44.2 Å². The number of ether oxygens (including phenoxy) is 1. The highest BCUT2D eigenvalue weighted by Crippen LogP contribution is 2.29. The first-order chi connectivity index (χ1) is 9.52. The summed E-state index contributed by atoms with van der Waals surface area (Å²) in [5.41, 5.74) is 1.09. The molecule has 1 aromatic rings. The molecule has 1 unspecified atom stereocenters. The number of thiazole rings is 1. The van der Waals surface area contributed by atoms with Gasteiger partial charge in [0.25, 0.3) is 0 Å². The van der Waals surface area contributed by atoms with Gasteiger partial charge in [-0.05, 0) is 25.7 Å². The van der Waals surface area contributed by atoms with Crippen LogP contribution < -0.4 is 10.2 Å². The average Bonchev–Trinajstić information content (AvgIpc) is 3.16. The first kappa shape index (κ1) is 15.7. The predicted molar refractivity (Wildman–Crippen MR) is 85.4 cm³/mol. The van der Waals surface area contributed by atoms with Crippen LogP contribution in [0, 0.1) is 5.92 Å². The Morgan fingerprint density at radius 1 is 1.40 bits per heavy atom. The molecule has 1 saturated carbocycles. The molecule has 1 fully saturated rings. The lowest BCUT2D eigenvalue weighted by Crippen LogP contribution is -2.33. The van der Waals surface area contributed by atoms with Crippen LogP contribution in [0.5, 0.6) is 0 Å².